The first-order valence-electron chi connectivity index (χ1n) is 9.98. The highest BCUT2D eigenvalue weighted by atomic mass is 16.1. The molecular formula is C21H16N10O. The monoisotopic (exact) mass is 424 g/mol. The predicted molar refractivity (Wildman–Crippen MR) is 117 cm³/mol. The van der Waals surface area contributed by atoms with E-state index in [4.69, 9.17) is 4.98 Å². The van der Waals surface area contributed by atoms with E-state index in [1.165, 1.54) is 0 Å². The Hall–Kier alpha value is -4.67. The molecule has 1 aliphatic rings. The number of amides is 1. The number of aryl methyl sites for hydroxylation is 1. The van der Waals surface area contributed by atoms with Crippen molar-refractivity contribution in [3.8, 4) is 22.8 Å². The number of anilines is 3. The van der Waals surface area contributed by atoms with Crippen molar-refractivity contribution in [3.63, 3.8) is 0 Å². The molecule has 11 nitrogen and oxygen atoms in total. The normalized spacial score (nSPS) is 13.1. The van der Waals surface area contributed by atoms with Gasteiger partial charge < -0.3 is 10.6 Å². The van der Waals surface area contributed by atoms with Crippen LogP contribution in [-0.4, -0.2) is 46.7 Å². The van der Waals surface area contributed by atoms with Gasteiger partial charge in [-0.3, -0.25) is 9.89 Å². The third kappa shape index (κ3) is 3.21. The number of tetrazole rings is 1. The molecule has 0 atom stereocenters. The number of rotatable bonds is 4. The highest BCUT2D eigenvalue weighted by Gasteiger charge is 2.17. The molecule has 4 heterocycles. The number of nitrogens with zero attached hydrogens (tertiary/aromatic N) is 6. The van der Waals surface area contributed by atoms with Gasteiger partial charge in [0.25, 0.3) is 0 Å². The van der Waals surface area contributed by atoms with Gasteiger partial charge in [0, 0.05) is 28.9 Å². The molecule has 0 unspecified atom stereocenters. The Kier molecular flexibility index (Phi) is 4.10. The van der Waals surface area contributed by atoms with Crippen LogP contribution in [0.2, 0.25) is 0 Å². The van der Waals surface area contributed by atoms with E-state index < -0.39 is 0 Å². The Morgan fingerprint density at radius 1 is 0.969 bits per heavy atom. The second-order valence-corrected chi connectivity index (χ2v) is 7.39. The molecule has 3 aromatic heterocycles. The summed E-state index contributed by atoms with van der Waals surface area (Å²) in [6.07, 6.45) is 2.90. The van der Waals surface area contributed by atoms with Crippen molar-refractivity contribution < 1.29 is 4.79 Å². The molecule has 11 heteroatoms. The van der Waals surface area contributed by atoms with Crippen LogP contribution in [-0.2, 0) is 11.2 Å². The second kappa shape index (κ2) is 7.23. The number of aromatic amines is 2. The predicted octanol–water partition coefficient (Wildman–Crippen LogP) is 2.83. The number of aromatic nitrogens is 8. The fourth-order valence-corrected chi connectivity index (χ4v) is 3.73. The van der Waals surface area contributed by atoms with Gasteiger partial charge in [0.2, 0.25) is 11.7 Å². The Balaban J connectivity index is 1.40. The number of H-pyrrole nitrogens is 2. The van der Waals surface area contributed by atoms with Crippen LogP contribution in [0.15, 0.2) is 48.7 Å². The highest BCUT2D eigenvalue weighted by Crippen LogP contribution is 2.30. The van der Waals surface area contributed by atoms with Crippen LogP contribution in [0.5, 0.6) is 0 Å². The van der Waals surface area contributed by atoms with E-state index in [1.807, 2.05) is 42.5 Å². The molecule has 5 aromatic rings. The summed E-state index contributed by atoms with van der Waals surface area (Å²) in [5, 5.41) is 27.5. The number of nitrogens with one attached hydrogen (secondary N) is 4. The minimum absolute atomic E-state index is 0.0245. The topological polar surface area (TPSA) is 150 Å². The van der Waals surface area contributed by atoms with Crippen LogP contribution in [0.1, 0.15) is 12.0 Å². The van der Waals surface area contributed by atoms with Crippen LogP contribution >= 0.6 is 0 Å². The number of carbonyl (C=O) groups excluding carboxylic acids is 1. The summed E-state index contributed by atoms with van der Waals surface area (Å²) in [6.45, 7) is 0. The molecule has 156 valence electrons. The molecule has 0 radical (unpaired) electrons. The second-order valence-electron chi connectivity index (χ2n) is 7.39. The lowest BCUT2D eigenvalue weighted by atomic mass is 10.0. The summed E-state index contributed by atoms with van der Waals surface area (Å²) < 4.78 is 0. The Bertz CT molecular complexity index is 1460. The molecule has 0 bridgehead atoms. The third-order valence-corrected chi connectivity index (χ3v) is 5.29. The van der Waals surface area contributed by atoms with Gasteiger partial charge in [0.05, 0.1) is 6.20 Å². The van der Waals surface area contributed by atoms with Crippen LogP contribution in [0.3, 0.4) is 0 Å². The minimum atomic E-state index is 0.0245. The van der Waals surface area contributed by atoms with Crippen LogP contribution in [0.4, 0.5) is 17.2 Å². The van der Waals surface area contributed by atoms with Gasteiger partial charge in [-0.1, -0.05) is 24.3 Å². The van der Waals surface area contributed by atoms with E-state index in [-0.39, 0.29) is 5.91 Å². The number of benzene rings is 2. The number of fused-ring (bicyclic) bond motifs is 2. The van der Waals surface area contributed by atoms with Crippen molar-refractivity contribution >= 4 is 34.1 Å². The lowest BCUT2D eigenvalue weighted by Crippen LogP contribution is -2.18. The molecular weight excluding hydrogens is 408 g/mol. The molecule has 0 fully saturated rings. The lowest BCUT2D eigenvalue weighted by molar-refractivity contribution is -0.116. The van der Waals surface area contributed by atoms with E-state index in [9.17, 15) is 4.79 Å². The van der Waals surface area contributed by atoms with Gasteiger partial charge in [-0.25, -0.2) is 9.97 Å². The van der Waals surface area contributed by atoms with E-state index in [2.05, 4.69) is 46.4 Å². The fraction of sp³-hybridized carbons (Fsp3) is 0.0952. The molecule has 4 N–H and O–H groups in total. The van der Waals surface area contributed by atoms with Crippen molar-refractivity contribution in [3.05, 3.63) is 54.2 Å². The Labute approximate surface area is 180 Å². The fourth-order valence-electron chi connectivity index (χ4n) is 3.73. The molecule has 0 saturated carbocycles. The van der Waals surface area contributed by atoms with Crippen molar-refractivity contribution in [1.29, 1.82) is 0 Å². The SMILES string of the molecule is O=C1CCc2ccc(Nc3nc(-c4cccc(-c5nn[nH]n5)c4)nc4cn[nH]c34)cc2N1. The average molecular weight is 424 g/mol. The molecule has 6 rings (SSSR count). The summed E-state index contributed by atoms with van der Waals surface area (Å²) in [7, 11) is 0. The number of hydrogen-bond acceptors (Lipinski definition) is 8. The zero-order valence-corrected chi connectivity index (χ0v) is 16.6. The highest BCUT2D eigenvalue weighted by molar-refractivity contribution is 5.95. The van der Waals surface area contributed by atoms with E-state index in [1.54, 1.807) is 6.20 Å². The van der Waals surface area contributed by atoms with Crippen molar-refractivity contribution in [2.75, 3.05) is 10.6 Å². The quantitative estimate of drug-likeness (QED) is 0.344. The molecule has 0 saturated heterocycles. The van der Waals surface area contributed by atoms with Gasteiger partial charge in [-0.15, -0.1) is 10.2 Å². The molecule has 2 aromatic carbocycles. The first kappa shape index (κ1) is 18.1. The lowest BCUT2D eigenvalue weighted by Gasteiger charge is -2.18. The summed E-state index contributed by atoms with van der Waals surface area (Å²) in [4.78, 5) is 21.2. The first-order chi connectivity index (χ1) is 15.7. The molecule has 1 amide bonds. The molecule has 32 heavy (non-hydrogen) atoms. The largest absolute Gasteiger partial charge is 0.338 e. The Morgan fingerprint density at radius 2 is 1.88 bits per heavy atom. The van der Waals surface area contributed by atoms with Crippen LogP contribution < -0.4 is 10.6 Å². The van der Waals surface area contributed by atoms with Crippen LogP contribution in [0, 0.1) is 0 Å². The van der Waals surface area contributed by atoms with Gasteiger partial charge in [-0.05, 0) is 35.4 Å². The summed E-state index contributed by atoms with van der Waals surface area (Å²) >= 11 is 0. The summed E-state index contributed by atoms with van der Waals surface area (Å²) in [5.74, 6) is 1.62. The zero-order chi connectivity index (χ0) is 21.5. The third-order valence-electron chi connectivity index (χ3n) is 5.29. The smallest absolute Gasteiger partial charge is 0.224 e. The van der Waals surface area contributed by atoms with Gasteiger partial charge in [-0.2, -0.15) is 10.3 Å². The van der Waals surface area contributed by atoms with Crippen molar-refractivity contribution in [2.24, 2.45) is 0 Å². The molecule has 0 spiro atoms. The molecule has 0 aliphatic carbocycles. The van der Waals surface area contributed by atoms with Crippen molar-refractivity contribution in [2.45, 2.75) is 12.8 Å². The van der Waals surface area contributed by atoms with Crippen molar-refractivity contribution in [1.82, 2.24) is 40.8 Å². The first-order valence-corrected chi connectivity index (χ1v) is 9.98. The summed E-state index contributed by atoms with van der Waals surface area (Å²) in [5.41, 5.74) is 5.69. The Morgan fingerprint density at radius 3 is 2.75 bits per heavy atom. The maximum absolute atomic E-state index is 11.8. The average Bonchev–Trinajstić information content (AvgIpc) is 3.51. The van der Waals surface area contributed by atoms with Gasteiger partial charge in [0.15, 0.2) is 11.6 Å². The standard InChI is InChI=1S/C21H16N10O/c32-17-7-5-11-4-6-14(9-15(11)24-17)23-21-18-16(10-22-27-18)25-19(26-21)12-2-1-3-13(8-12)20-28-30-31-29-20/h1-4,6,8-10H,5,7H2,(H,22,27)(H,24,32)(H,23,25,26)(H,28,29,30,31). The van der Waals surface area contributed by atoms with E-state index >= 15 is 0 Å². The van der Waals surface area contributed by atoms with Gasteiger partial charge >= 0.3 is 0 Å². The van der Waals surface area contributed by atoms with Crippen LogP contribution in [0.25, 0.3) is 33.8 Å². The van der Waals surface area contributed by atoms with E-state index in [0.717, 1.165) is 34.5 Å². The zero-order valence-electron chi connectivity index (χ0n) is 16.6. The number of carbonyl (C=O) groups is 1. The number of hydrogen-bond donors (Lipinski definition) is 4. The van der Waals surface area contributed by atoms with E-state index in [0.29, 0.717) is 34.9 Å². The minimum Gasteiger partial charge on any atom is -0.338 e. The maximum Gasteiger partial charge on any atom is 0.224 e. The molecule has 1 aliphatic heterocycles. The maximum atomic E-state index is 11.8. The summed E-state index contributed by atoms with van der Waals surface area (Å²) in [6, 6.07) is 13.5. The van der Waals surface area contributed by atoms with Gasteiger partial charge in [0.1, 0.15) is 11.0 Å².